The van der Waals surface area contributed by atoms with Crippen molar-refractivity contribution in [3.05, 3.63) is 107 Å². The van der Waals surface area contributed by atoms with Gasteiger partial charge in [0.15, 0.2) is 0 Å². The van der Waals surface area contributed by atoms with E-state index in [1.54, 1.807) is 19.1 Å². The van der Waals surface area contributed by atoms with E-state index in [1.807, 2.05) is 72.8 Å². The number of carbonyl (C=O) groups is 1. The summed E-state index contributed by atoms with van der Waals surface area (Å²) in [5, 5.41) is 11.6. The molecule has 0 amide bonds. The number of aliphatic hydroxyl groups is 1. The molecule has 0 radical (unpaired) electrons. The Morgan fingerprint density at radius 2 is 1.30 bits per heavy atom. The molecule has 3 heteroatoms. The molecule has 1 N–H and O–H groups in total. The van der Waals surface area contributed by atoms with Crippen LogP contribution in [0.2, 0.25) is 0 Å². The Morgan fingerprint density at radius 1 is 0.815 bits per heavy atom. The summed E-state index contributed by atoms with van der Waals surface area (Å²) < 4.78 is 5.04. The Hall–Kier alpha value is -2.91. The highest BCUT2D eigenvalue weighted by Gasteiger charge is 2.30. The molecule has 3 aromatic rings. The van der Waals surface area contributed by atoms with Crippen LogP contribution in [0.3, 0.4) is 0 Å². The third-order valence-electron chi connectivity index (χ3n) is 4.61. The van der Waals surface area contributed by atoms with Crippen LogP contribution in [-0.4, -0.2) is 17.7 Å². The van der Waals surface area contributed by atoms with Crippen LogP contribution in [0.25, 0.3) is 0 Å². The van der Waals surface area contributed by atoms with Crippen molar-refractivity contribution in [2.24, 2.45) is 0 Å². The van der Waals surface area contributed by atoms with Crippen molar-refractivity contribution in [3.63, 3.8) is 0 Å². The van der Waals surface area contributed by atoms with Crippen LogP contribution in [-0.2, 0) is 23.2 Å². The van der Waals surface area contributed by atoms with Crippen molar-refractivity contribution in [1.29, 1.82) is 0 Å². The summed E-state index contributed by atoms with van der Waals surface area (Å²) in [4.78, 5) is 11.9. The quantitative estimate of drug-likeness (QED) is 0.630. The lowest BCUT2D eigenvalue weighted by Crippen LogP contribution is -2.31. The van der Waals surface area contributed by atoms with Gasteiger partial charge in [-0.3, -0.25) is 0 Å². The monoisotopic (exact) mass is 360 g/mol. The minimum absolute atomic E-state index is 0.340. The summed E-state index contributed by atoms with van der Waals surface area (Å²) in [5.74, 6) is -0.348. The van der Waals surface area contributed by atoms with Crippen LogP contribution in [0.1, 0.15) is 34.0 Å². The first-order chi connectivity index (χ1) is 13.1. The van der Waals surface area contributed by atoms with Gasteiger partial charge in [-0.25, -0.2) is 4.79 Å². The number of ether oxygens (including phenoxy) is 1. The van der Waals surface area contributed by atoms with Gasteiger partial charge in [0.1, 0.15) is 0 Å². The largest absolute Gasteiger partial charge is 0.462 e. The number of benzene rings is 3. The molecular formula is C24H24O3. The molecule has 0 saturated carbocycles. The van der Waals surface area contributed by atoms with E-state index in [2.05, 4.69) is 0 Å². The zero-order valence-corrected chi connectivity index (χ0v) is 15.5. The van der Waals surface area contributed by atoms with E-state index >= 15 is 0 Å². The van der Waals surface area contributed by atoms with Crippen LogP contribution >= 0.6 is 0 Å². The van der Waals surface area contributed by atoms with E-state index in [9.17, 15) is 9.90 Å². The summed E-state index contributed by atoms with van der Waals surface area (Å²) in [7, 11) is 0. The van der Waals surface area contributed by atoms with Crippen molar-refractivity contribution >= 4 is 5.97 Å². The van der Waals surface area contributed by atoms with Crippen molar-refractivity contribution in [1.82, 2.24) is 0 Å². The van der Waals surface area contributed by atoms with Gasteiger partial charge in [0, 0.05) is 12.8 Å². The third kappa shape index (κ3) is 4.83. The van der Waals surface area contributed by atoms with Gasteiger partial charge in [0.05, 0.1) is 17.8 Å². The molecule has 3 rings (SSSR count). The van der Waals surface area contributed by atoms with Gasteiger partial charge >= 0.3 is 5.97 Å². The number of esters is 1. The molecule has 0 fully saturated rings. The number of rotatable bonds is 7. The summed E-state index contributed by atoms with van der Waals surface area (Å²) in [6.45, 7) is 2.12. The zero-order chi connectivity index (χ0) is 19.1. The average Bonchev–Trinajstić information content (AvgIpc) is 2.70. The molecule has 0 unspecified atom stereocenters. The van der Waals surface area contributed by atoms with Gasteiger partial charge in [0.25, 0.3) is 0 Å². The molecule has 27 heavy (non-hydrogen) atoms. The lowest BCUT2D eigenvalue weighted by atomic mass is 9.82. The van der Waals surface area contributed by atoms with Crippen LogP contribution < -0.4 is 0 Å². The fraction of sp³-hybridized carbons (Fsp3) is 0.208. The Balaban J connectivity index is 1.92. The van der Waals surface area contributed by atoms with Crippen molar-refractivity contribution < 1.29 is 14.6 Å². The van der Waals surface area contributed by atoms with E-state index in [-0.39, 0.29) is 5.97 Å². The maximum atomic E-state index is 11.9. The molecule has 3 nitrogen and oxygen atoms in total. The second-order valence-electron chi connectivity index (χ2n) is 6.65. The molecule has 0 heterocycles. The molecule has 3 aromatic carbocycles. The van der Waals surface area contributed by atoms with Gasteiger partial charge in [0.2, 0.25) is 0 Å². The predicted molar refractivity (Wildman–Crippen MR) is 107 cm³/mol. The van der Waals surface area contributed by atoms with Crippen LogP contribution in [0, 0.1) is 0 Å². The molecular weight excluding hydrogens is 336 g/mol. The maximum absolute atomic E-state index is 11.9. The highest BCUT2D eigenvalue weighted by molar-refractivity contribution is 5.89. The highest BCUT2D eigenvalue weighted by Crippen LogP contribution is 2.30. The van der Waals surface area contributed by atoms with E-state index in [0.29, 0.717) is 25.0 Å². The first-order valence-electron chi connectivity index (χ1n) is 9.18. The Kier molecular flexibility index (Phi) is 6.05. The smallest absolute Gasteiger partial charge is 0.338 e. The first-order valence-corrected chi connectivity index (χ1v) is 9.18. The van der Waals surface area contributed by atoms with Crippen molar-refractivity contribution in [2.75, 3.05) is 6.61 Å². The van der Waals surface area contributed by atoms with E-state index < -0.39 is 5.60 Å². The van der Waals surface area contributed by atoms with Gasteiger partial charge in [-0.05, 0) is 35.7 Å². The zero-order valence-electron chi connectivity index (χ0n) is 15.5. The molecule has 138 valence electrons. The van der Waals surface area contributed by atoms with Crippen molar-refractivity contribution in [2.45, 2.75) is 25.4 Å². The summed E-state index contributed by atoms with van der Waals surface area (Å²) in [6.07, 6.45) is 0.975. The Morgan fingerprint density at radius 3 is 1.74 bits per heavy atom. The van der Waals surface area contributed by atoms with Gasteiger partial charge in [-0.2, -0.15) is 0 Å². The fourth-order valence-corrected chi connectivity index (χ4v) is 3.26. The summed E-state index contributed by atoms with van der Waals surface area (Å²) >= 11 is 0. The standard InChI is InChI=1S/C24H24O3/c1-2-27-23(25)21-13-15-22(16-14-21)24(26,17-19-9-5-3-6-10-19)18-20-11-7-4-8-12-20/h3-16,26H,2,17-18H2,1H3. The second kappa shape index (κ2) is 8.65. The van der Waals surface area contributed by atoms with Gasteiger partial charge in [-0.1, -0.05) is 72.8 Å². The fourth-order valence-electron chi connectivity index (χ4n) is 3.26. The lowest BCUT2D eigenvalue weighted by Gasteiger charge is -2.29. The first kappa shape index (κ1) is 18.9. The molecule has 0 spiro atoms. The lowest BCUT2D eigenvalue weighted by molar-refractivity contribution is 0.0369. The maximum Gasteiger partial charge on any atom is 0.338 e. The second-order valence-corrected chi connectivity index (χ2v) is 6.65. The Labute approximate surface area is 160 Å². The summed E-state index contributed by atoms with van der Waals surface area (Å²) in [5.41, 5.74) is 2.32. The summed E-state index contributed by atoms with van der Waals surface area (Å²) in [6, 6.07) is 27.0. The highest BCUT2D eigenvalue weighted by atomic mass is 16.5. The van der Waals surface area contributed by atoms with Gasteiger partial charge in [-0.15, -0.1) is 0 Å². The van der Waals surface area contributed by atoms with E-state index in [1.165, 1.54) is 0 Å². The minimum atomic E-state index is -1.07. The minimum Gasteiger partial charge on any atom is -0.462 e. The van der Waals surface area contributed by atoms with E-state index in [0.717, 1.165) is 16.7 Å². The molecule has 0 atom stereocenters. The van der Waals surface area contributed by atoms with E-state index in [4.69, 9.17) is 4.74 Å². The number of carbonyl (C=O) groups excluding carboxylic acids is 1. The predicted octanol–water partition coefficient (Wildman–Crippen LogP) is 4.54. The van der Waals surface area contributed by atoms with Crippen molar-refractivity contribution in [3.8, 4) is 0 Å². The molecule has 0 aromatic heterocycles. The van der Waals surface area contributed by atoms with Crippen LogP contribution in [0.15, 0.2) is 84.9 Å². The SMILES string of the molecule is CCOC(=O)c1ccc(C(O)(Cc2ccccc2)Cc2ccccc2)cc1. The van der Waals surface area contributed by atoms with Gasteiger partial charge < -0.3 is 9.84 Å². The normalized spacial score (nSPS) is 11.2. The number of hydrogen-bond acceptors (Lipinski definition) is 3. The molecule has 0 aliphatic heterocycles. The molecule has 0 bridgehead atoms. The van der Waals surface area contributed by atoms with Crippen LogP contribution in [0.5, 0.6) is 0 Å². The third-order valence-corrected chi connectivity index (χ3v) is 4.61. The number of hydrogen-bond donors (Lipinski definition) is 1. The molecule has 0 aliphatic carbocycles. The topological polar surface area (TPSA) is 46.5 Å². The van der Waals surface area contributed by atoms with Crippen LogP contribution in [0.4, 0.5) is 0 Å². The average molecular weight is 360 g/mol. The molecule has 0 saturated heterocycles. The molecule has 0 aliphatic rings. The Bertz CT molecular complexity index is 814.